The first-order valence-electron chi connectivity index (χ1n) is 11.1. The number of hydrogen-bond acceptors (Lipinski definition) is 5. The van der Waals surface area contributed by atoms with Crippen LogP contribution >= 0.6 is 39.1 Å². The number of unbranched alkanes of at least 4 members (excludes halogenated alkanes) is 3. The summed E-state index contributed by atoms with van der Waals surface area (Å²) >= 11 is 14.8. The van der Waals surface area contributed by atoms with Gasteiger partial charge in [-0.15, -0.1) is 0 Å². The second-order valence-electron chi connectivity index (χ2n) is 7.21. The van der Waals surface area contributed by atoms with E-state index in [0.29, 0.717) is 18.5 Å². The summed E-state index contributed by atoms with van der Waals surface area (Å²) in [6.07, 6.45) is 4.97. The number of aliphatic hydroxyl groups is 2. The van der Waals surface area contributed by atoms with E-state index in [9.17, 15) is 0 Å². The number of ether oxygens (including phenoxy) is 2. The van der Waals surface area contributed by atoms with E-state index in [1.54, 1.807) is 0 Å². The Hall–Kier alpha value is -1.02. The maximum atomic E-state index is 8.61. The van der Waals surface area contributed by atoms with Crippen molar-refractivity contribution in [2.24, 2.45) is 5.73 Å². The van der Waals surface area contributed by atoms with E-state index in [4.69, 9.17) is 48.6 Å². The van der Waals surface area contributed by atoms with Crippen LogP contribution in [0.4, 0.5) is 0 Å². The zero-order valence-electron chi connectivity index (χ0n) is 19.7. The normalized spacial score (nSPS) is 9.94. The highest BCUT2D eigenvalue weighted by Crippen LogP contribution is 2.22. The molecule has 0 radical (unpaired) electrons. The second-order valence-corrected chi connectivity index (χ2v) is 8.82. The van der Waals surface area contributed by atoms with E-state index < -0.39 is 0 Å². The molecular formula is C25H38BrCl2NO4. The molecule has 0 saturated carbocycles. The van der Waals surface area contributed by atoms with Crippen molar-refractivity contribution in [1.29, 1.82) is 0 Å². The van der Waals surface area contributed by atoms with Gasteiger partial charge in [0.05, 0.1) is 19.8 Å². The van der Waals surface area contributed by atoms with Gasteiger partial charge in [0.2, 0.25) is 0 Å². The van der Waals surface area contributed by atoms with Gasteiger partial charge < -0.3 is 25.4 Å². The van der Waals surface area contributed by atoms with Crippen molar-refractivity contribution >= 4 is 39.1 Å². The monoisotopic (exact) mass is 565 g/mol. The molecule has 0 atom stereocenters. The lowest BCUT2D eigenvalue weighted by Crippen LogP contribution is -2.06. The molecule has 2 rings (SSSR count). The molecule has 0 aliphatic carbocycles. The Bertz CT molecular complexity index is 748. The van der Waals surface area contributed by atoms with Crippen molar-refractivity contribution in [1.82, 2.24) is 0 Å². The molecule has 0 heterocycles. The molecule has 0 saturated heterocycles. The van der Waals surface area contributed by atoms with Crippen LogP contribution in [0.25, 0.3) is 0 Å². The van der Waals surface area contributed by atoms with Crippen molar-refractivity contribution in [3.05, 3.63) is 57.6 Å². The van der Waals surface area contributed by atoms with E-state index in [-0.39, 0.29) is 13.2 Å². The quantitative estimate of drug-likeness (QED) is 0.206. The topological polar surface area (TPSA) is 84.9 Å². The van der Waals surface area contributed by atoms with Crippen molar-refractivity contribution in [3.8, 4) is 11.5 Å². The van der Waals surface area contributed by atoms with Crippen molar-refractivity contribution in [2.45, 2.75) is 46.0 Å². The molecule has 2 aromatic rings. The molecule has 0 spiro atoms. The van der Waals surface area contributed by atoms with Gasteiger partial charge in [-0.25, -0.2) is 0 Å². The van der Waals surface area contributed by atoms with Crippen molar-refractivity contribution in [3.63, 3.8) is 0 Å². The molecule has 33 heavy (non-hydrogen) atoms. The molecule has 188 valence electrons. The summed E-state index contributed by atoms with van der Waals surface area (Å²) in [5, 5.41) is 18.7. The number of nitrogens with two attached hydrogens (primary N) is 1. The van der Waals surface area contributed by atoms with E-state index in [2.05, 4.69) is 15.9 Å². The van der Waals surface area contributed by atoms with Crippen LogP contribution in [-0.4, -0.2) is 48.5 Å². The summed E-state index contributed by atoms with van der Waals surface area (Å²) in [4.78, 5) is 0. The Morgan fingerprint density at radius 2 is 1.21 bits per heavy atom. The number of aryl methyl sites for hydroxylation is 2. The fourth-order valence-electron chi connectivity index (χ4n) is 2.44. The van der Waals surface area contributed by atoms with Crippen LogP contribution in [0.2, 0.25) is 10.0 Å². The Labute approximate surface area is 217 Å². The van der Waals surface area contributed by atoms with Gasteiger partial charge >= 0.3 is 0 Å². The van der Waals surface area contributed by atoms with E-state index in [1.807, 2.05) is 50.2 Å². The lowest BCUT2D eigenvalue weighted by molar-refractivity contribution is 0.273. The molecule has 0 aliphatic heterocycles. The van der Waals surface area contributed by atoms with Gasteiger partial charge in [0.25, 0.3) is 0 Å². The van der Waals surface area contributed by atoms with Gasteiger partial charge in [-0.1, -0.05) is 45.6 Å². The SMILES string of the molecule is Cc1cc(OCCCCCCO)ccc1Cl.Cc1cc(OCCCN)ccc1Cl.OCCBr. The zero-order chi connectivity index (χ0) is 24.9. The smallest absolute Gasteiger partial charge is 0.119 e. The largest absolute Gasteiger partial charge is 0.494 e. The first kappa shape index (κ1) is 32.0. The van der Waals surface area contributed by atoms with Crippen LogP contribution in [0, 0.1) is 13.8 Å². The highest BCUT2D eigenvalue weighted by Gasteiger charge is 1.99. The fourth-order valence-corrected chi connectivity index (χ4v) is 2.68. The van der Waals surface area contributed by atoms with Crippen molar-refractivity contribution < 1.29 is 19.7 Å². The van der Waals surface area contributed by atoms with Gasteiger partial charge in [0.1, 0.15) is 11.5 Å². The lowest BCUT2D eigenvalue weighted by atomic mass is 10.2. The molecule has 4 N–H and O–H groups in total. The highest BCUT2D eigenvalue weighted by atomic mass is 79.9. The van der Waals surface area contributed by atoms with Gasteiger partial charge in [-0.3, -0.25) is 0 Å². The molecule has 0 amide bonds. The van der Waals surface area contributed by atoms with Crippen LogP contribution in [0.5, 0.6) is 11.5 Å². The predicted molar refractivity (Wildman–Crippen MR) is 143 cm³/mol. The average Bonchev–Trinajstić information content (AvgIpc) is 2.81. The molecule has 0 aromatic heterocycles. The Kier molecular flexibility index (Phi) is 20.8. The van der Waals surface area contributed by atoms with E-state index >= 15 is 0 Å². The molecule has 5 nitrogen and oxygen atoms in total. The number of hydrogen-bond donors (Lipinski definition) is 3. The lowest BCUT2D eigenvalue weighted by Gasteiger charge is -2.07. The molecular weight excluding hydrogens is 529 g/mol. The number of rotatable bonds is 12. The number of benzene rings is 2. The standard InChI is InChI=1S/C13H19ClO2.C10H14ClNO.C2H5BrO/c1-11-10-12(6-7-13(11)14)16-9-5-3-2-4-8-15;1-8-7-9(3-4-10(8)11)13-6-2-5-12;3-1-2-4/h6-7,10,15H,2-5,8-9H2,1H3;3-4,7H,2,5-6,12H2,1H3;4H,1-2H2. The van der Waals surface area contributed by atoms with Gasteiger partial charge in [0.15, 0.2) is 0 Å². The van der Waals surface area contributed by atoms with Crippen molar-refractivity contribution in [2.75, 3.05) is 38.3 Å². The van der Waals surface area contributed by atoms with Gasteiger partial charge in [0, 0.05) is 22.0 Å². The highest BCUT2D eigenvalue weighted by molar-refractivity contribution is 9.09. The van der Waals surface area contributed by atoms with Crippen LogP contribution in [0.3, 0.4) is 0 Å². The van der Waals surface area contributed by atoms with Crippen LogP contribution in [0.1, 0.15) is 43.2 Å². The van der Waals surface area contributed by atoms with Gasteiger partial charge in [-0.2, -0.15) is 0 Å². The number of aliphatic hydroxyl groups excluding tert-OH is 2. The maximum absolute atomic E-state index is 8.61. The molecule has 8 heteroatoms. The minimum absolute atomic E-state index is 0.236. The first-order chi connectivity index (χ1) is 15.9. The summed E-state index contributed by atoms with van der Waals surface area (Å²) in [5.41, 5.74) is 7.42. The summed E-state index contributed by atoms with van der Waals surface area (Å²) in [5.74, 6) is 1.74. The minimum atomic E-state index is 0.236. The predicted octanol–water partition coefficient (Wildman–Crippen LogP) is 6.33. The van der Waals surface area contributed by atoms with E-state index in [1.165, 1.54) is 0 Å². The first-order valence-corrected chi connectivity index (χ1v) is 13.0. The third-order valence-corrected chi connectivity index (χ3v) is 5.48. The molecule has 0 aliphatic rings. The zero-order valence-corrected chi connectivity index (χ0v) is 22.8. The molecule has 0 bridgehead atoms. The Morgan fingerprint density at radius 1 is 0.758 bits per heavy atom. The third-order valence-electron chi connectivity index (χ3n) is 4.28. The Balaban J connectivity index is 0.000000542. The summed E-state index contributed by atoms with van der Waals surface area (Å²) in [6.45, 7) is 6.50. The van der Waals surface area contributed by atoms with Crippen LogP contribution in [-0.2, 0) is 0 Å². The van der Waals surface area contributed by atoms with Crippen LogP contribution < -0.4 is 15.2 Å². The molecule has 0 fully saturated rings. The molecule has 2 aromatic carbocycles. The Morgan fingerprint density at radius 3 is 1.61 bits per heavy atom. The van der Waals surface area contributed by atoms with Crippen LogP contribution in [0.15, 0.2) is 36.4 Å². The minimum Gasteiger partial charge on any atom is -0.494 e. The summed E-state index contributed by atoms with van der Waals surface area (Å²) < 4.78 is 11.0. The van der Waals surface area contributed by atoms with E-state index in [0.717, 1.165) is 71.4 Å². The van der Waals surface area contributed by atoms with Gasteiger partial charge in [-0.05, 0) is 93.6 Å². The third kappa shape index (κ3) is 17.1. The maximum Gasteiger partial charge on any atom is 0.119 e. The molecule has 0 unspecified atom stereocenters. The summed E-state index contributed by atoms with van der Waals surface area (Å²) in [7, 11) is 0. The number of alkyl halides is 1. The average molecular weight is 567 g/mol. The second kappa shape index (κ2) is 21.5. The number of halogens is 3. The summed E-state index contributed by atoms with van der Waals surface area (Å²) in [6, 6.07) is 11.3. The fraction of sp³-hybridized carbons (Fsp3) is 0.520.